The van der Waals surface area contributed by atoms with Crippen LogP contribution in [-0.4, -0.2) is 37.0 Å². The molecule has 0 radical (unpaired) electrons. The molecule has 0 aromatic heterocycles. The van der Waals surface area contributed by atoms with E-state index in [0.29, 0.717) is 5.69 Å². The smallest absolute Gasteiger partial charge is 0.325 e. The fraction of sp³-hybridized carbons (Fsp3) is 0.250. The molecule has 0 fully saturated rings. The van der Waals surface area contributed by atoms with Crippen molar-refractivity contribution in [1.29, 1.82) is 0 Å². The first kappa shape index (κ1) is 20.0. The molecule has 0 aliphatic heterocycles. The maximum atomic E-state index is 12.5. The van der Waals surface area contributed by atoms with E-state index in [4.69, 9.17) is 10.5 Å². The summed E-state index contributed by atoms with van der Waals surface area (Å²) in [6, 6.07) is 15.0. The van der Waals surface area contributed by atoms with Crippen LogP contribution in [0.5, 0.6) is 0 Å². The van der Waals surface area contributed by atoms with E-state index < -0.39 is 23.8 Å². The third kappa shape index (κ3) is 6.14. The Labute approximate surface area is 157 Å². The Morgan fingerprint density at radius 2 is 1.70 bits per heavy atom. The summed E-state index contributed by atoms with van der Waals surface area (Å²) in [6.07, 6.45) is 0.272. The monoisotopic (exact) mass is 369 g/mol. The Balaban J connectivity index is 2.11. The number of benzene rings is 2. The van der Waals surface area contributed by atoms with Crippen molar-refractivity contribution < 1.29 is 19.1 Å². The summed E-state index contributed by atoms with van der Waals surface area (Å²) in [7, 11) is 0. The van der Waals surface area contributed by atoms with Crippen molar-refractivity contribution in [1.82, 2.24) is 10.6 Å². The molecule has 0 aliphatic rings. The van der Waals surface area contributed by atoms with Gasteiger partial charge in [-0.2, -0.15) is 0 Å². The third-order valence-electron chi connectivity index (χ3n) is 3.82. The molecule has 0 spiro atoms. The van der Waals surface area contributed by atoms with Crippen LogP contribution in [0.2, 0.25) is 0 Å². The van der Waals surface area contributed by atoms with Crippen LogP contribution >= 0.6 is 0 Å². The topological polar surface area (TPSA) is 111 Å². The largest absolute Gasteiger partial charge is 0.465 e. The lowest BCUT2D eigenvalue weighted by Crippen LogP contribution is -2.49. The number of esters is 1. The zero-order valence-electron chi connectivity index (χ0n) is 15.1. The average molecular weight is 369 g/mol. The Kier molecular flexibility index (Phi) is 7.37. The fourth-order valence-electron chi connectivity index (χ4n) is 2.49. The standard InChI is InChI=1S/C20H23N3O4/c1-2-27-18(24)13-22-20(26)17(12-14-8-4-3-5-9-14)23-19(25)15-10-6-7-11-16(15)21/h3-11,17H,2,12-13,21H2,1H3,(H,22,26)(H,23,25)/t17-/m1/s1. The number of carbonyl (C=O) groups is 3. The number of para-hydroxylation sites is 1. The maximum Gasteiger partial charge on any atom is 0.325 e. The van der Waals surface area contributed by atoms with Crippen LogP contribution in [-0.2, 0) is 20.7 Å². The van der Waals surface area contributed by atoms with Gasteiger partial charge in [0.2, 0.25) is 5.91 Å². The number of hydrogen-bond donors (Lipinski definition) is 3. The van der Waals surface area contributed by atoms with E-state index in [0.717, 1.165) is 5.56 Å². The van der Waals surface area contributed by atoms with Crippen molar-refractivity contribution in [2.45, 2.75) is 19.4 Å². The first-order chi connectivity index (χ1) is 13.0. The van der Waals surface area contributed by atoms with E-state index in [2.05, 4.69) is 10.6 Å². The van der Waals surface area contributed by atoms with E-state index in [1.54, 1.807) is 31.2 Å². The molecular formula is C20H23N3O4. The number of amides is 2. The van der Waals surface area contributed by atoms with Crippen molar-refractivity contribution in [2.24, 2.45) is 0 Å². The highest BCUT2D eigenvalue weighted by molar-refractivity contribution is 6.01. The predicted octanol–water partition coefficient (Wildman–Crippen LogP) is 1.29. The number of nitrogens with one attached hydrogen (secondary N) is 2. The van der Waals surface area contributed by atoms with Gasteiger partial charge in [-0.25, -0.2) is 0 Å². The lowest BCUT2D eigenvalue weighted by molar-refractivity contribution is -0.143. The van der Waals surface area contributed by atoms with Gasteiger partial charge in [0.05, 0.1) is 12.2 Å². The minimum atomic E-state index is -0.867. The second kappa shape index (κ2) is 9.96. The van der Waals surface area contributed by atoms with Gasteiger partial charge in [-0.3, -0.25) is 14.4 Å². The molecule has 27 heavy (non-hydrogen) atoms. The van der Waals surface area contributed by atoms with Gasteiger partial charge < -0.3 is 21.1 Å². The van der Waals surface area contributed by atoms with E-state index in [-0.39, 0.29) is 25.1 Å². The zero-order chi connectivity index (χ0) is 19.6. The third-order valence-corrected chi connectivity index (χ3v) is 3.82. The van der Waals surface area contributed by atoms with E-state index >= 15 is 0 Å². The van der Waals surface area contributed by atoms with E-state index in [1.807, 2.05) is 30.3 Å². The number of anilines is 1. The molecule has 142 valence electrons. The first-order valence-electron chi connectivity index (χ1n) is 8.64. The zero-order valence-corrected chi connectivity index (χ0v) is 15.1. The normalized spacial score (nSPS) is 11.3. The van der Waals surface area contributed by atoms with Gasteiger partial charge in [-0.15, -0.1) is 0 Å². The van der Waals surface area contributed by atoms with Crippen LogP contribution in [0, 0.1) is 0 Å². The Morgan fingerprint density at radius 1 is 1.04 bits per heavy atom. The van der Waals surface area contributed by atoms with E-state index in [1.165, 1.54) is 0 Å². The van der Waals surface area contributed by atoms with Crippen molar-refractivity contribution in [2.75, 3.05) is 18.9 Å². The van der Waals surface area contributed by atoms with Crippen molar-refractivity contribution in [3.05, 3.63) is 65.7 Å². The van der Waals surface area contributed by atoms with Gasteiger partial charge in [0, 0.05) is 12.1 Å². The molecule has 0 saturated carbocycles. The number of rotatable bonds is 8. The van der Waals surface area contributed by atoms with Gasteiger partial charge in [0.25, 0.3) is 5.91 Å². The molecule has 0 aliphatic carbocycles. The van der Waals surface area contributed by atoms with Crippen LogP contribution in [0.4, 0.5) is 5.69 Å². The van der Waals surface area contributed by atoms with Crippen molar-refractivity contribution >= 4 is 23.5 Å². The molecule has 0 bridgehead atoms. The number of nitrogen functional groups attached to an aromatic ring is 1. The molecule has 2 aromatic carbocycles. The molecule has 0 saturated heterocycles. The summed E-state index contributed by atoms with van der Waals surface area (Å²) < 4.78 is 4.80. The number of hydrogen-bond acceptors (Lipinski definition) is 5. The summed E-state index contributed by atoms with van der Waals surface area (Å²) >= 11 is 0. The lowest BCUT2D eigenvalue weighted by atomic mass is 10.0. The highest BCUT2D eigenvalue weighted by atomic mass is 16.5. The molecule has 2 amide bonds. The van der Waals surface area contributed by atoms with Crippen LogP contribution in [0.15, 0.2) is 54.6 Å². The number of ether oxygens (including phenoxy) is 1. The fourth-order valence-corrected chi connectivity index (χ4v) is 2.49. The molecule has 2 rings (SSSR count). The quantitative estimate of drug-likeness (QED) is 0.480. The van der Waals surface area contributed by atoms with Gasteiger partial charge in [-0.1, -0.05) is 42.5 Å². The summed E-state index contributed by atoms with van der Waals surface area (Å²) in [5.74, 6) is -1.47. The highest BCUT2D eigenvalue weighted by Gasteiger charge is 2.23. The molecule has 0 unspecified atom stereocenters. The average Bonchev–Trinajstić information content (AvgIpc) is 2.67. The molecule has 2 aromatic rings. The summed E-state index contributed by atoms with van der Waals surface area (Å²) in [5.41, 5.74) is 7.31. The van der Waals surface area contributed by atoms with Crippen LogP contribution in [0.3, 0.4) is 0 Å². The minimum absolute atomic E-state index is 0.228. The molecule has 4 N–H and O–H groups in total. The van der Waals surface area contributed by atoms with Crippen molar-refractivity contribution in [3.63, 3.8) is 0 Å². The SMILES string of the molecule is CCOC(=O)CNC(=O)[C@@H](Cc1ccccc1)NC(=O)c1ccccc1N. The minimum Gasteiger partial charge on any atom is -0.465 e. The molecule has 1 atom stereocenters. The summed E-state index contributed by atoms with van der Waals surface area (Å²) in [6.45, 7) is 1.65. The van der Waals surface area contributed by atoms with Gasteiger partial charge in [0.1, 0.15) is 12.6 Å². The summed E-state index contributed by atoms with van der Waals surface area (Å²) in [4.78, 5) is 36.6. The second-order valence-corrected chi connectivity index (χ2v) is 5.83. The van der Waals surface area contributed by atoms with E-state index in [9.17, 15) is 14.4 Å². The van der Waals surface area contributed by atoms with Gasteiger partial charge in [-0.05, 0) is 24.6 Å². The number of carbonyl (C=O) groups excluding carboxylic acids is 3. The number of nitrogens with two attached hydrogens (primary N) is 1. The Bertz CT molecular complexity index is 793. The van der Waals surface area contributed by atoms with Crippen LogP contribution < -0.4 is 16.4 Å². The Hall–Kier alpha value is -3.35. The molecule has 7 heteroatoms. The lowest BCUT2D eigenvalue weighted by Gasteiger charge is -2.19. The Morgan fingerprint density at radius 3 is 2.37 bits per heavy atom. The molecule has 7 nitrogen and oxygen atoms in total. The second-order valence-electron chi connectivity index (χ2n) is 5.83. The summed E-state index contributed by atoms with van der Waals surface area (Å²) in [5, 5.41) is 5.19. The first-order valence-corrected chi connectivity index (χ1v) is 8.64. The van der Waals surface area contributed by atoms with Crippen molar-refractivity contribution in [3.8, 4) is 0 Å². The van der Waals surface area contributed by atoms with Gasteiger partial charge in [0.15, 0.2) is 0 Å². The van der Waals surface area contributed by atoms with Crippen LogP contribution in [0.25, 0.3) is 0 Å². The maximum absolute atomic E-state index is 12.5. The van der Waals surface area contributed by atoms with Gasteiger partial charge >= 0.3 is 5.97 Å². The van der Waals surface area contributed by atoms with Crippen LogP contribution in [0.1, 0.15) is 22.8 Å². The molecular weight excluding hydrogens is 346 g/mol. The highest BCUT2D eigenvalue weighted by Crippen LogP contribution is 2.11. The molecule has 0 heterocycles. The predicted molar refractivity (Wildman–Crippen MR) is 102 cm³/mol.